The van der Waals surface area contributed by atoms with E-state index in [-0.39, 0.29) is 23.8 Å². The van der Waals surface area contributed by atoms with Gasteiger partial charge in [0.2, 0.25) is 0 Å². The fraction of sp³-hybridized carbons (Fsp3) is 0.261. The highest BCUT2D eigenvalue weighted by Crippen LogP contribution is 2.27. The van der Waals surface area contributed by atoms with Crippen molar-refractivity contribution in [1.82, 2.24) is 9.55 Å². The van der Waals surface area contributed by atoms with E-state index in [9.17, 15) is 18.3 Å². The van der Waals surface area contributed by atoms with Crippen LogP contribution in [0.2, 0.25) is 0 Å². The van der Waals surface area contributed by atoms with E-state index in [4.69, 9.17) is 0 Å². The molecule has 30 heavy (non-hydrogen) atoms. The monoisotopic (exact) mass is 412 g/mol. The molecule has 1 aliphatic heterocycles. The largest absolute Gasteiger partial charge is 0.573 e. The van der Waals surface area contributed by atoms with Gasteiger partial charge in [0.05, 0.1) is 11.3 Å². The van der Waals surface area contributed by atoms with E-state index < -0.39 is 6.36 Å². The molecule has 4 nitrogen and oxygen atoms in total. The number of benzene rings is 2. The first-order valence-corrected chi connectivity index (χ1v) is 9.55. The molecule has 0 spiro atoms. The highest BCUT2D eigenvalue weighted by Gasteiger charge is 2.31. The smallest absolute Gasteiger partial charge is 0.404 e. The van der Waals surface area contributed by atoms with Crippen molar-refractivity contribution in [2.75, 3.05) is 6.61 Å². The summed E-state index contributed by atoms with van der Waals surface area (Å²) in [6.45, 7) is 0.944. The zero-order valence-electron chi connectivity index (χ0n) is 16.0. The number of aryl methyl sites for hydroxylation is 1. The second kappa shape index (κ2) is 8.25. The van der Waals surface area contributed by atoms with Gasteiger partial charge in [-0.3, -0.25) is 0 Å². The van der Waals surface area contributed by atoms with Crippen LogP contribution in [0.4, 0.5) is 13.2 Å². The minimum absolute atomic E-state index is 0.166. The lowest BCUT2D eigenvalue weighted by Gasteiger charge is -2.21. The number of alkyl halides is 3. The Labute approximate surface area is 172 Å². The molecule has 2 heterocycles. The average Bonchev–Trinajstić information content (AvgIpc) is 3.15. The fourth-order valence-electron chi connectivity index (χ4n) is 3.45. The Hall–Kier alpha value is -3.24. The zero-order chi connectivity index (χ0) is 21.1. The Kier molecular flexibility index (Phi) is 5.51. The minimum Gasteiger partial charge on any atom is -0.404 e. The third-order valence-electron chi connectivity index (χ3n) is 4.98. The molecular weight excluding hydrogens is 393 g/mol. The number of fused-ring (bicyclic) bond motifs is 1. The van der Waals surface area contributed by atoms with Crippen LogP contribution in [-0.2, 0) is 13.0 Å². The van der Waals surface area contributed by atoms with Crippen molar-refractivity contribution in [2.45, 2.75) is 25.7 Å². The zero-order valence-corrected chi connectivity index (χ0v) is 16.0. The number of para-hydroxylation sites is 1. The maximum atomic E-state index is 12.5. The Morgan fingerprint density at radius 2 is 1.87 bits per heavy atom. The normalized spacial score (nSPS) is 15.8. The van der Waals surface area contributed by atoms with Crippen molar-refractivity contribution in [3.63, 3.8) is 0 Å². The summed E-state index contributed by atoms with van der Waals surface area (Å²) in [6.07, 6.45) is -1.00. The number of ether oxygens (including phenoxy) is 1. The first-order valence-electron chi connectivity index (χ1n) is 9.55. The van der Waals surface area contributed by atoms with Gasteiger partial charge < -0.3 is 14.4 Å². The molecule has 1 unspecified atom stereocenters. The number of nitrogens with zero attached hydrogens (tertiary/aromatic N) is 2. The maximum absolute atomic E-state index is 12.5. The molecule has 0 saturated carbocycles. The number of rotatable bonds is 3. The lowest BCUT2D eigenvalue weighted by atomic mass is 10.0. The molecule has 0 radical (unpaired) electrons. The third kappa shape index (κ3) is 4.66. The van der Waals surface area contributed by atoms with E-state index in [0.29, 0.717) is 5.56 Å². The number of hydrogen-bond donors (Lipinski definition) is 1. The molecule has 154 valence electrons. The molecule has 1 atom stereocenters. The van der Waals surface area contributed by atoms with Crippen LogP contribution in [0, 0.1) is 17.8 Å². The topological polar surface area (TPSA) is 47.3 Å². The molecule has 4 rings (SSSR count). The molecule has 1 aliphatic rings. The van der Waals surface area contributed by atoms with Crippen molar-refractivity contribution >= 4 is 0 Å². The van der Waals surface area contributed by atoms with Crippen LogP contribution < -0.4 is 4.74 Å². The van der Waals surface area contributed by atoms with Gasteiger partial charge in [0.25, 0.3) is 0 Å². The molecule has 1 aromatic heterocycles. The Bertz CT molecular complexity index is 1090. The van der Waals surface area contributed by atoms with Gasteiger partial charge in [-0.25, -0.2) is 4.98 Å². The summed E-state index contributed by atoms with van der Waals surface area (Å²) >= 11 is 0. The molecule has 0 bridgehead atoms. The molecule has 7 heteroatoms. The Balaban J connectivity index is 1.52. The first-order chi connectivity index (χ1) is 14.4. The quantitative estimate of drug-likeness (QED) is 0.649. The second-order valence-electron chi connectivity index (χ2n) is 7.15. The second-order valence-corrected chi connectivity index (χ2v) is 7.15. The molecule has 0 fully saturated rings. The number of imidazole rings is 1. The first kappa shape index (κ1) is 20.0. The Morgan fingerprint density at radius 3 is 2.60 bits per heavy atom. The minimum atomic E-state index is -4.76. The van der Waals surface area contributed by atoms with E-state index in [1.54, 1.807) is 6.07 Å². The van der Waals surface area contributed by atoms with Crippen molar-refractivity contribution in [3.05, 3.63) is 71.7 Å². The van der Waals surface area contributed by atoms with Crippen LogP contribution in [0.1, 0.15) is 23.4 Å². The van der Waals surface area contributed by atoms with Crippen LogP contribution >= 0.6 is 0 Å². The summed E-state index contributed by atoms with van der Waals surface area (Å²) < 4.78 is 43.7. The summed E-state index contributed by atoms with van der Waals surface area (Å²) in [5.41, 5.74) is 2.62. The van der Waals surface area contributed by atoms with Gasteiger partial charge in [0.1, 0.15) is 11.6 Å². The van der Waals surface area contributed by atoms with Gasteiger partial charge in [-0.05, 0) is 30.7 Å². The predicted molar refractivity (Wildman–Crippen MR) is 106 cm³/mol. The fourth-order valence-corrected chi connectivity index (χ4v) is 3.45. The highest BCUT2D eigenvalue weighted by atomic mass is 19.4. The number of aromatic nitrogens is 2. The number of halogens is 3. The van der Waals surface area contributed by atoms with Crippen molar-refractivity contribution < 1.29 is 23.0 Å². The number of hydrogen-bond acceptors (Lipinski definition) is 3. The van der Waals surface area contributed by atoms with E-state index in [1.165, 1.54) is 18.2 Å². The predicted octanol–water partition coefficient (Wildman–Crippen LogP) is 4.40. The summed E-state index contributed by atoms with van der Waals surface area (Å²) in [7, 11) is 0. The average molecular weight is 412 g/mol. The third-order valence-corrected chi connectivity index (χ3v) is 4.98. The molecule has 3 aromatic rings. The van der Waals surface area contributed by atoms with Crippen LogP contribution in [0.5, 0.6) is 5.75 Å². The van der Waals surface area contributed by atoms with Crippen molar-refractivity contribution in [3.8, 4) is 28.8 Å². The Morgan fingerprint density at radius 1 is 1.10 bits per heavy atom. The molecule has 0 saturated heterocycles. The summed E-state index contributed by atoms with van der Waals surface area (Å²) in [5.74, 6) is 6.58. The number of aliphatic hydroxyl groups is 1. The van der Waals surface area contributed by atoms with Gasteiger partial charge in [-0.1, -0.05) is 36.1 Å². The van der Waals surface area contributed by atoms with Gasteiger partial charge in [0, 0.05) is 42.8 Å². The molecular formula is C23H19F3N2O2. The van der Waals surface area contributed by atoms with Crippen LogP contribution in [-0.4, -0.2) is 27.6 Å². The SMILES string of the molecule is OCC1CCc2nc(-c3ccc(C#Cc4ccccc4OC(F)(F)F)cc3)cn2C1. The van der Waals surface area contributed by atoms with Gasteiger partial charge >= 0.3 is 6.36 Å². The standard InChI is InChI=1S/C23H19F3N2O2/c24-23(25,26)30-21-4-2-1-3-19(21)11-7-16-5-9-18(10-6-16)20-14-28-13-17(15-29)8-12-22(28)27-20/h1-6,9-10,14,17,29H,8,12-13,15H2. The summed E-state index contributed by atoms with van der Waals surface area (Å²) in [4.78, 5) is 4.68. The van der Waals surface area contributed by atoms with Gasteiger partial charge in [-0.2, -0.15) is 0 Å². The maximum Gasteiger partial charge on any atom is 0.573 e. The van der Waals surface area contributed by atoms with Crippen LogP contribution in [0.3, 0.4) is 0 Å². The van der Waals surface area contributed by atoms with Crippen molar-refractivity contribution in [2.24, 2.45) is 5.92 Å². The molecule has 2 aromatic carbocycles. The molecule has 0 amide bonds. The van der Waals surface area contributed by atoms with Gasteiger partial charge in [0.15, 0.2) is 0 Å². The lowest BCUT2D eigenvalue weighted by Crippen LogP contribution is -2.22. The summed E-state index contributed by atoms with van der Waals surface area (Å²) in [5, 5.41) is 9.37. The number of aliphatic hydroxyl groups excluding tert-OH is 1. The summed E-state index contributed by atoms with van der Waals surface area (Å²) in [6, 6.07) is 13.2. The van der Waals surface area contributed by atoms with E-state index in [2.05, 4.69) is 26.1 Å². The van der Waals surface area contributed by atoms with Gasteiger partial charge in [-0.15, -0.1) is 13.2 Å². The highest BCUT2D eigenvalue weighted by molar-refractivity contribution is 5.61. The van der Waals surface area contributed by atoms with Crippen LogP contribution in [0.25, 0.3) is 11.3 Å². The van der Waals surface area contributed by atoms with Crippen molar-refractivity contribution in [1.29, 1.82) is 0 Å². The molecule has 0 aliphatic carbocycles. The van der Waals surface area contributed by atoms with Crippen LogP contribution in [0.15, 0.2) is 54.7 Å². The molecule has 1 N–H and O–H groups in total. The van der Waals surface area contributed by atoms with E-state index >= 15 is 0 Å². The van der Waals surface area contributed by atoms with E-state index in [0.717, 1.165) is 36.5 Å². The lowest BCUT2D eigenvalue weighted by molar-refractivity contribution is -0.274. The van der Waals surface area contributed by atoms with E-state index in [1.807, 2.05) is 30.5 Å².